The van der Waals surface area contributed by atoms with Gasteiger partial charge in [0.25, 0.3) is 0 Å². The van der Waals surface area contributed by atoms with Gasteiger partial charge in [-0.2, -0.15) is 0 Å². The van der Waals surface area contributed by atoms with Crippen LogP contribution in [-0.2, 0) is 10.0 Å². The first-order valence-electron chi connectivity index (χ1n) is 4.89. The summed E-state index contributed by atoms with van der Waals surface area (Å²) in [7, 11) is -3.63. The van der Waals surface area contributed by atoms with E-state index >= 15 is 0 Å². The maximum absolute atomic E-state index is 11.9. The van der Waals surface area contributed by atoms with Crippen LogP contribution in [0.4, 0.5) is 5.69 Å². The number of rotatable bonds is 4. The van der Waals surface area contributed by atoms with E-state index in [2.05, 4.69) is 20.7 Å². The monoisotopic (exact) mass is 322 g/mol. The lowest BCUT2D eigenvalue weighted by atomic mass is 10.1. The lowest BCUT2D eigenvalue weighted by Gasteiger charge is -2.17. The number of aliphatic hydroxyl groups is 1. The molecule has 7 heteroatoms. The maximum Gasteiger partial charge on any atom is 0.240 e. The van der Waals surface area contributed by atoms with Crippen molar-refractivity contribution in [2.24, 2.45) is 0 Å². The summed E-state index contributed by atoms with van der Waals surface area (Å²) >= 11 is 3.16. The largest absolute Gasteiger partial charge is 0.398 e. The standard InChI is InChI=1S/C10H15BrN2O3S/c1-10(2,14)6-13-17(15,16)7-3-4-9(12)8(11)5-7/h3-5,13-14H,6,12H2,1-2H3. The summed E-state index contributed by atoms with van der Waals surface area (Å²) in [4.78, 5) is 0.0998. The third-order valence-electron chi connectivity index (χ3n) is 1.98. The second-order valence-corrected chi connectivity index (χ2v) is 6.94. The Hall–Kier alpha value is -0.630. The third kappa shape index (κ3) is 4.27. The average molecular weight is 323 g/mol. The third-order valence-corrected chi connectivity index (χ3v) is 4.06. The molecule has 0 bridgehead atoms. The van der Waals surface area contributed by atoms with Crippen LogP contribution in [0.5, 0.6) is 0 Å². The zero-order chi connectivity index (χ0) is 13.3. The Morgan fingerprint density at radius 3 is 2.53 bits per heavy atom. The summed E-state index contributed by atoms with van der Waals surface area (Å²) in [6, 6.07) is 4.33. The molecule has 1 aromatic rings. The highest BCUT2D eigenvalue weighted by Crippen LogP contribution is 2.22. The molecule has 0 amide bonds. The molecule has 0 fully saturated rings. The van der Waals surface area contributed by atoms with Gasteiger partial charge >= 0.3 is 0 Å². The minimum absolute atomic E-state index is 0.0582. The Bertz CT molecular complexity index is 509. The first-order chi connectivity index (χ1) is 7.62. The van der Waals surface area contributed by atoms with Crippen LogP contribution in [0.1, 0.15) is 13.8 Å². The van der Waals surface area contributed by atoms with Gasteiger partial charge in [-0.15, -0.1) is 0 Å². The van der Waals surface area contributed by atoms with Gasteiger partial charge < -0.3 is 10.8 Å². The summed E-state index contributed by atoms with van der Waals surface area (Å²) < 4.78 is 26.6. The minimum Gasteiger partial charge on any atom is -0.398 e. The number of hydrogen-bond acceptors (Lipinski definition) is 4. The Kier molecular flexibility index (Phi) is 4.19. The Morgan fingerprint density at radius 1 is 1.47 bits per heavy atom. The fourth-order valence-electron chi connectivity index (χ4n) is 1.03. The van der Waals surface area contributed by atoms with Crippen LogP contribution in [0.25, 0.3) is 0 Å². The van der Waals surface area contributed by atoms with E-state index in [1.54, 1.807) is 0 Å². The molecule has 0 aliphatic rings. The number of hydrogen-bond donors (Lipinski definition) is 3. The van der Waals surface area contributed by atoms with Crippen molar-refractivity contribution in [1.29, 1.82) is 0 Å². The van der Waals surface area contributed by atoms with Crippen molar-refractivity contribution in [3.05, 3.63) is 22.7 Å². The molecule has 0 aliphatic heterocycles. The van der Waals surface area contributed by atoms with E-state index in [1.165, 1.54) is 32.0 Å². The molecule has 0 saturated carbocycles. The molecule has 5 nitrogen and oxygen atoms in total. The first kappa shape index (κ1) is 14.4. The van der Waals surface area contributed by atoms with Crippen LogP contribution in [0.2, 0.25) is 0 Å². The van der Waals surface area contributed by atoms with E-state index in [9.17, 15) is 13.5 Å². The molecule has 0 radical (unpaired) electrons. The first-order valence-corrected chi connectivity index (χ1v) is 7.16. The SMILES string of the molecule is CC(C)(O)CNS(=O)(=O)c1ccc(N)c(Br)c1. The van der Waals surface area contributed by atoms with E-state index in [1.807, 2.05) is 0 Å². The van der Waals surface area contributed by atoms with Crippen LogP contribution in [0, 0.1) is 0 Å². The fourth-order valence-corrected chi connectivity index (χ4v) is 2.79. The predicted molar refractivity (Wildman–Crippen MR) is 70.0 cm³/mol. The summed E-state index contributed by atoms with van der Waals surface area (Å²) in [5.41, 5.74) is 4.94. The molecule has 1 aromatic carbocycles. The number of sulfonamides is 1. The molecule has 0 spiro atoms. The number of nitrogens with two attached hydrogens (primary N) is 1. The van der Waals surface area contributed by atoms with Crippen LogP contribution in [0.15, 0.2) is 27.6 Å². The molecule has 0 saturated heterocycles. The van der Waals surface area contributed by atoms with Crippen molar-refractivity contribution in [3.8, 4) is 0 Å². The Morgan fingerprint density at radius 2 is 2.06 bits per heavy atom. The molecular weight excluding hydrogens is 308 g/mol. The van der Waals surface area contributed by atoms with Crippen molar-refractivity contribution < 1.29 is 13.5 Å². The molecule has 1 rings (SSSR count). The fraction of sp³-hybridized carbons (Fsp3) is 0.400. The molecule has 0 heterocycles. The summed E-state index contributed by atoms with van der Waals surface area (Å²) in [5.74, 6) is 0. The van der Waals surface area contributed by atoms with Gasteiger partial charge in [-0.3, -0.25) is 0 Å². The highest BCUT2D eigenvalue weighted by Gasteiger charge is 2.20. The van der Waals surface area contributed by atoms with Crippen molar-refractivity contribution in [1.82, 2.24) is 4.72 Å². The molecule has 0 aromatic heterocycles. The average Bonchev–Trinajstić information content (AvgIpc) is 2.18. The Labute approximate surface area is 109 Å². The van der Waals surface area contributed by atoms with Crippen LogP contribution in [-0.4, -0.2) is 25.7 Å². The minimum atomic E-state index is -3.63. The van der Waals surface area contributed by atoms with Crippen LogP contribution in [0.3, 0.4) is 0 Å². The van der Waals surface area contributed by atoms with Crippen molar-refractivity contribution in [2.45, 2.75) is 24.3 Å². The van der Waals surface area contributed by atoms with Gasteiger partial charge in [-0.05, 0) is 48.0 Å². The zero-order valence-corrected chi connectivity index (χ0v) is 12.0. The van der Waals surface area contributed by atoms with Crippen molar-refractivity contribution >= 4 is 31.6 Å². The molecule has 17 heavy (non-hydrogen) atoms. The second-order valence-electron chi connectivity index (χ2n) is 4.32. The number of nitrogen functional groups attached to an aromatic ring is 1. The molecule has 0 aliphatic carbocycles. The van der Waals surface area contributed by atoms with Gasteiger partial charge in [0.1, 0.15) is 0 Å². The predicted octanol–water partition coefficient (Wildman–Crippen LogP) is 1.08. The lowest BCUT2D eigenvalue weighted by molar-refractivity contribution is 0.0857. The molecule has 0 atom stereocenters. The molecule has 0 unspecified atom stereocenters. The normalized spacial score (nSPS) is 12.7. The zero-order valence-electron chi connectivity index (χ0n) is 9.57. The van der Waals surface area contributed by atoms with Gasteiger partial charge in [-0.1, -0.05) is 0 Å². The number of benzene rings is 1. The van der Waals surface area contributed by atoms with Crippen LogP contribution < -0.4 is 10.5 Å². The quantitative estimate of drug-likeness (QED) is 0.723. The van der Waals surface area contributed by atoms with E-state index in [0.717, 1.165) is 0 Å². The lowest BCUT2D eigenvalue weighted by Crippen LogP contribution is -2.38. The van der Waals surface area contributed by atoms with Crippen LogP contribution >= 0.6 is 15.9 Å². The van der Waals surface area contributed by atoms with Gasteiger partial charge in [0.05, 0.1) is 10.5 Å². The highest BCUT2D eigenvalue weighted by molar-refractivity contribution is 9.10. The maximum atomic E-state index is 11.9. The van der Waals surface area contributed by atoms with E-state index in [0.29, 0.717) is 10.2 Å². The molecule has 96 valence electrons. The highest BCUT2D eigenvalue weighted by atomic mass is 79.9. The Balaban J connectivity index is 2.94. The second kappa shape index (κ2) is 4.93. The van der Waals surface area contributed by atoms with Crippen molar-refractivity contribution in [2.75, 3.05) is 12.3 Å². The van der Waals surface area contributed by atoms with E-state index in [4.69, 9.17) is 5.73 Å². The van der Waals surface area contributed by atoms with Gasteiger partial charge in [0.15, 0.2) is 0 Å². The number of anilines is 1. The van der Waals surface area contributed by atoms with Gasteiger partial charge in [0.2, 0.25) is 10.0 Å². The van der Waals surface area contributed by atoms with Gasteiger partial charge in [0, 0.05) is 16.7 Å². The number of halogens is 1. The summed E-state index contributed by atoms with van der Waals surface area (Å²) in [6.45, 7) is 2.99. The smallest absolute Gasteiger partial charge is 0.240 e. The topological polar surface area (TPSA) is 92.4 Å². The van der Waals surface area contributed by atoms with E-state index < -0.39 is 15.6 Å². The summed E-state index contributed by atoms with van der Waals surface area (Å²) in [6.07, 6.45) is 0. The summed E-state index contributed by atoms with van der Waals surface area (Å²) in [5, 5.41) is 9.47. The van der Waals surface area contributed by atoms with Gasteiger partial charge in [-0.25, -0.2) is 13.1 Å². The van der Waals surface area contributed by atoms with Crippen molar-refractivity contribution in [3.63, 3.8) is 0 Å². The van der Waals surface area contributed by atoms with E-state index in [-0.39, 0.29) is 11.4 Å². The number of nitrogens with one attached hydrogen (secondary N) is 1. The molecule has 4 N–H and O–H groups in total. The molecular formula is C10H15BrN2O3S.